The van der Waals surface area contributed by atoms with E-state index < -0.39 is 46.2 Å². The number of likely N-dealkylation sites (N-methyl/N-ethyl adjacent to an activating group) is 1. The van der Waals surface area contributed by atoms with Crippen LogP contribution >= 0.6 is 0 Å². The highest BCUT2D eigenvalue weighted by Gasteiger charge is 2.38. The summed E-state index contributed by atoms with van der Waals surface area (Å²) in [6, 6.07) is 5.44. The fourth-order valence-electron chi connectivity index (χ4n) is 3.42. The Balaban J connectivity index is 1.73. The van der Waals surface area contributed by atoms with E-state index in [0.717, 1.165) is 9.47 Å². The van der Waals surface area contributed by atoms with Crippen LogP contribution in [0.2, 0.25) is 0 Å². The molecule has 2 heterocycles. The monoisotopic (exact) mass is 446 g/mol. The van der Waals surface area contributed by atoms with Crippen molar-refractivity contribution >= 4 is 32.7 Å². The van der Waals surface area contributed by atoms with Crippen LogP contribution in [0.15, 0.2) is 24.3 Å². The van der Waals surface area contributed by atoms with Crippen LogP contribution in [0.3, 0.4) is 0 Å². The van der Waals surface area contributed by atoms with Crippen LogP contribution < -0.4 is 5.32 Å². The van der Waals surface area contributed by atoms with Gasteiger partial charge in [0.25, 0.3) is 0 Å². The fourth-order valence-corrected chi connectivity index (χ4v) is 5.09. The number of para-hydroxylation sites is 2. The van der Waals surface area contributed by atoms with Gasteiger partial charge in [-0.1, -0.05) is 12.1 Å². The predicted molar refractivity (Wildman–Crippen MR) is 102 cm³/mol. The molecule has 0 aliphatic carbocycles. The number of benzene rings is 1. The van der Waals surface area contributed by atoms with Crippen LogP contribution in [-0.4, -0.2) is 65.3 Å². The summed E-state index contributed by atoms with van der Waals surface area (Å²) in [5.41, 5.74) is 0.274. The standard InChI is InChI=1S/C18H21F3N4O4S/c1-2-24(9-15(26)22-12-7-8-30(28,29)11-12)16(27)10-25-14-6-4-3-5-13(14)23-17(25)18(19,20)21/h3-6,12H,2,7-11H2,1H3,(H,22,26)/t12-/m0/s1. The molecule has 0 spiro atoms. The number of aromatic nitrogens is 2. The second kappa shape index (κ2) is 8.25. The molecule has 1 aromatic heterocycles. The van der Waals surface area contributed by atoms with Crippen LogP contribution in [-0.2, 0) is 32.1 Å². The van der Waals surface area contributed by atoms with Gasteiger partial charge in [-0.3, -0.25) is 9.59 Å². The number of nitrogens with zero attached hydrogens (tertiary/aromatic N) is 3. The number of rotatable bonds is 6. The van der Waals surface area contributed by atoms with Gasteiger partial charge in [-0.05, 0) is 25.5 Å². The van der Waals surface area contributed by atoms with Gasteiger partial charge in [-0.15, -0.1) is 0 Å². The molecule has 1 aliphatic rings. The smallest absolute Gasteiger partial charge is 0.351 e. The maximum Gasteiger partial charge on any atom is 0.449 e. The Hall–Kier alpha value is -2.63. The Morgan fingerprint density at radius 1 is 1.30 bits per heavy atom. The SMILES string of the molecule is CCN(CC(=O)N[C@H]1CCS(=O)(=O)C1)C(=O)Cn1c(C(F)(F)F)nc2ccccc21. The molecule has 30 heavy (non-hydrogen) atoms. The third-order valence-corrected chi connectivity index (χ3v) is 6.64. The van der Waals surface area contributed by atoms with Gasteiger partial charge in [0.15, 0.2) is 9.84 Å². The van der Waals surface area contributed by atoms with E-state index in [4.69, 9.17) is 0 Å². The molecule has 1 N–H and O–H groups in total. The molecule has 1 aliphatic heterocycles. The lowest BCUT2D eigenvalue weighted by Gasteiger charge is -2.22. The average molecular weight is 446 g/mol. The second-order valence-corrected chi connectivity index (χ2v) is 9.31. The van der Waals surface area contributed by atoms with Gasteiger partial charge >= 0.3 is 6.18 Å². The quantitative estimate of drug-likeness (QED) is 0.719. The molecule has 2 aromatic rings. The molecule has 1 saturated heterocycles. The van der Waals surface area contributed by atoms with E-state index in [2.05, 4.69) is 10.3 Å². The molecule has 8 nitrogen and oxygen atoms in total. The molecule has 1 fully saturated rings. The molecular weight excluding hydrogens is 425 g/mol. The van der Waals surface area contributed by atoms with E-state index in [-0.39, 0.29) is 35.6 Å². The number of sulfone groups is 1. The number of nitrogens with one attached hydrogen (secondary N) is 1. The van der Waals surface area contributed by atoms with Crippen LogP contribution in [0.5, 0.6) is 0 Å². The van der Waals surface area contributed by atoms with Crippen molar-refractivity contribution in [3.8, 4) is 0 Å². The number of fused-ring (bicyclic) bond motifs is 1. The van der Waals surface area contributed by atoms with Crippen molar-refractivity contribution in [1.82, 2.24) is 19.8 Å². The Morgan fingerprint density at radius 2 is 2.00 bits per heavy atom. The molecule has 0 unspecified atom stereocenters. The van der Waals surface area contributed by atoms with Crippen LogP contribution in [0.4, 0.5) is 13.2 Å². The van der Waals surface area contributed by atoms with Crippen LogP contribution in [0.1, 0.15) is 19.2 Å². The van der Waals surface area contributed by atoms with E-state index >= 15 is 0 Å². The van der Waals surface area contributed by atoms with Gasteiger partial charge in [0.05, 0.1) is 29.1 Å². The summed E-state index contributed by atoms with van der Waals surface area (Å²) in [7, 11) is -3.18. The summed E-state index contributed by atoms with van der Waals surface area (Å²) >= 11 is 0. The van der Waals surface area contributed by atoms with Gasteiger partial charge in [0.2, 0.25) is 17.6 Å². The van der Waals surface area contributed by atoms with Crippen molar-refractivity contribution in [3.63, 3.8) is 0 Å². The topological polar surface area (TPSA) is 101 Å². The molecule has 1 atom stereocenters. The average Bonchev–Trinajstić information content (AvgIpc) is 3.19. The number of carbonyl (C=O) groups is 2. The van der Waals surface area contributed by atoms with Crippen molar-refractivity contribution in [2.45, 2.75) is 32.1 Å². The minimum absolute atomic E-state index is 0.0116. The number of alkyl halides is 3. The Bertz CT molecular complexity index is 1070. The molecule has 2 amide bonds. The molecule has 0 radical (unpaired) electrons. The molecule has 3 rings (SSSR count). The summed E-state index contributed by atoms with van der Waals surface area (Å²) in [6.07, 6.45) is -4.45. The maximum absolute atomic E-state index is 13.4. The van der Waals surface area contributed by atoms with Gasteiger partial charge in [0.1, 0.15) is 6.54 Å². The van der Waals surface area contributed by atoms with E-state index in [1.807, 2.05) is 0 Å². The lowest BCUT2D eigenvalue weighted by molar-refractivity contribution is -0.148. The van der Waals surface area contributed by atoms with Gasteiger partial charge in [-0.2, -0.15) is 13.2 Å². The zero-order valence-electron chi connectivity index (χ0n) is 16.1. The molecule has 12 heteroatoms. The Labute approximate surface area is 171 Å². The lowest BCUT2D eigenvalue weighted by atomic mass is 10.2. The third kappa shape index (κ3) is 4.91. The van der Waals surface area contributed by atoms with E-state index in [1.54, 1.807) is 19.1 Å². The minimum Gasteiger partial charge on any atom is -0.351 e. The van der Waals surface area contributed by atoms with E-state index in [1.165, 1.54) is 12.1 Å². The highest BCUT2D eigenvalue weighted by molar-refractivity contribution is 7.91. The number of hydrogen-bond donors (Lipinski definition) is 1. The van der Waals surface area contributed by atoms with Gasteiger partial charge < -0.3 is 14.8 Å². The first-order chi connectivity index (χ1) is 14.0. The van der Waals surface area contributed by atoms with E-state index in [9.17, 15) is 31.2 Å². The first-order valence-electron chi connectivity index (χ1n) is 9.30. The van der Waals surface area contributed by atoms with Crippen molar-refractivity contribution in [2.75, 3.05) is 24.6 Å². The fraction of sp³-hybridized carbons (Fsp3) is 0.500. The molecule has 1 aromatic carbocycles. The van der Waals surface area contributed by atoms with E-state index in [0.29, 0.717) is 6.42 Å². The predicted octanol–water partition coefficient (Wildman–Crippen LogP) is 1.21. The number of imidazole rings is 1. The Morgan fingerprint density at radius 3 is 2.60 bits per heavy atom. The number of amides is 2. The van der Waals surface area contributed by atoms with Crippen molar-refractivity contribution in [2.24, 2.45) is 0 Å². The van der Waals surface area contributed by atoms with Crippen molar-refractivity contribution in [1.29, 1.82) is 0 Å². The summed E-state index contributed by atoms with van der Waals surface area (Å²) in [4.78, 5) is 29.6. The number of halogens is 3. The van der Waals surface area contributed by atoms with Crippen molar-refractivity contribution < 1.29 is 31.2 Å². The highest BCUT2D eigenvalue weighted by atomic mass is 32.2. The lowest BCUT2D eigenvalue weighted by Crippen LogP contribution is -2.45. The second-order valence-electron chi connectivity index (χ2n) is 7.08. The zero-order chi connectivity index (χ0) is 22.1. The number of carbonyl (C=O) groups excluding carboxylic acids is 2. The van der Waals surface area contributed by atoms with Crippen LogP contribution in [0.25, 0.3) is 11.0 Å². The summed E-state index contributed by atoms with van der Waals surface area (Å²) in [5.74, 6) is -2.59. The summed E-state index contributed by atoms with van der Waals surface area (Å²) < 4.78 is 64.0. The maximum atomic E-state index is 13.4. The summed E-state index contributed by atoms with van der Waals surface area (Å²) in [6.45, 7) is 0.694. The highest BCUT2D eigenvalue weighted by Crippen LogP contribution is 2.31. The first kappa shape index (κ1) is 22.1. The Kier molecular flexibility index (Phi) is 6.06. The van der Waals surface area contributed by atoms with Gasteiger partial charge in [0, 0.05) is 12.6 Å². The minimum atomic E-state index is -4.75. The normalized spacial score (nSPS) is 18.5. The van der Waals surface area contributed by atoms with Crippen molar-refractivity contribution in [3.05, 3.63) is 30.1 Å². The third-order valence-electron chi connectivity index (χ3n) is 4.87. The van der Waals surface area contributed by atoms with Crippen LogP contribution in [0, 0.1) is 0 Å². The zero-order valence-corrected chi connectivity index (χ0v) is 17.0. The molecule has 0 saturated carbocycles. The largest absolute Gasteiger partial charge is 0.449 e. The van der Waals surface area contributed by atoms with Gasteiger partial charge in [-0.25, -0.2) is 13.4 Å². The summed E-state index contributed by atoms with van der Waals surface area (Å²) in [5, 5.41) is 2.57. The first-order valence-corrected chi connectivity index (χ1v) is 11.1. The molecule has 0 bridgehead atoms. The molecule has 164 valence electrons. The number of hydrogen-bond acceptors (Lipinski definition) is 5. The molecular formula is C18H21F3N4O4S.